The van der Waals surface area contributed by atoms with Crippen molar-refractivity contribution >= 4 is 10.0 Å². The number of hydrogen-bond donors (Lipinski definition) is 2. The minimum Gasteiger partial charge on any atom is -0.326 e. The first kappa shape index (κ1) is 16.1. The molecule has 0 aliphatic carbocycles. The molecule has 1 aromatic carbocycles. The van der Waals surface area contributed by atoms with Crippen molar-refractivity contribution < 1.29 is 8.42 Å². The average molecular weight is 284 g/mol. The monoisotopic (exact) mass is 284 g/mol. The Morgan fingerprint density at radius 2 is 1.89 bits per heavy atom. The lowest BCUT2D eigenvalue weighted by Crippen LogP contribution is -2.34. The van der Waals surface area contributed by atoms with Gasteiger partial charge in [0.1, 0.15) is 0 Å². The van der Waals surface area contributed by atoms with Crippen molar-refractivity contribution in [3.63, 3.8) is 0 Å². The van der Waals surface area contributed by atoms with Crippen molar-refractivity contribution in [1.29, 1.82) is 0 Å². The van der Waals surface area contributed by atoms with E-state index in [2.05, 4.69) is 18.6 Å². The second-order valence-electron chi connectivity index (χ2n) is 5.40. The molecule has 0 saturated heterocycles. The summed E-state index contributed by atoms with van der Waals surface area (Å²) < 4.78 is 27.4. The Morgan fingerprint density at radius 1 is 1.26 bits per heavy atom. The van der Waals surface area contributed by atoms with E-state index in [1.165, 1.54) is 0 Å². The van der Waals surface area contributed by atoms with Crippen LogP contribution >= 0.6 is 0 Å². The molecule has 1 unspecified atom stereocenters. The lowest BCUT2D eigenvalue weighted by molar-refractivity contribution is 0.482. The summed E-state index contributed by atoms with van der Waals surface area (Å²) in [5.74, 6) is 0.453. The summed E-state index contributed by atoms with van der Waals surface area (Å²) in [6, 6.07) is 5.13. The molecule has 108 valence electrons. The number of nitrogens with one attached hydrogen (secondary N) is 1. The predicted octanol–water partition coefficient (Wildman–Crippen LogP) is 2.17. The summed E-state index contributed by atoms with van der Waals surface area (Å²) in [6.45, 7) is 8.18. The second kappa shape index (κ2) is 6.50. The molecule has 1 atom stereocenters. The van der Waals surface area contributed by atoms with Crippen molar-refractivity contribution in [2.75, 3.05) is 0 Å². The molecule has 0 aliphatic heterocycles. The Balaban J connectivity index is 3.01. The van der Waals surface area contributed by atoms with Gasteiger partial charge in [-0.05, 0) is 43.4 Å². The van der Waals surface area contributed by atoms with Crippen molar-refractivity contribution in [3.05, 3.63) is 29.3 Å². The predicted molar refractivity (Wildman–Crippen MR) is 78.3 cm³/mol. The maximum absolute atomic E-state index is 12.4. The molecular weight excluding hydrogens is 260 g/mol. The maximum Gasteiger partial charge on any atom is 0.241 e. The van der Waals surface area contributed by atoms with Gasteiger partial charge in [0, 0.05) is 12.6 Å². The number of nitrogens with two attached hydrogens (primary N) is 1. The molecule has 19 heavy (non-hydrogen) atoms. The zero-order chi connectivity index (χ0) is 14.6. The first-order valence-corrected chi connectivity index (χ1v) is 8.07. The Hall–Kier alpha value is -0.910. The third kappa shape index (κ3) is 4.30. The molecule has 0 heterocycles. The number of rotatable bonds is 6. The standard InChI is InChI=1S/C14H24N2O2S/c1-10(2)8-11(3)16-19(17,18)14-7-5-6-13(9-15)12(14)4/h5-7,10-11,16H,8-9,15H2,1-4H3. The number of hydrogen-bond acceptors (Lipinski definition) is 3. The van der Waals surface area contributed by atoms with Crippen LogP contribution in [0.25, 0.3) is 0 Å². The Bertz CT molecular complexity index is 524. The molecular formula is C14H24N2O2S. The van der Waals surface area contributed by atoms with Gasteiger partial charge in [-0.25, -0.2) is 13.1 Å². The minimum atomic E-state index is -3.47. The molecule has 0 fully saturated rings. The van der Waals surface area contributed by atoms with Gasteiger partial charge in [-0.3, -0.25) is 0 Å². The summed E-state index contributed by atoms with van der Waals surface area (Å²) >= 11 is 0. The molecule has 0 aromatic heterocycles. The van der Waals surface area contributed by atoms with Gasteiger partial charge in [0.2, 0.25) is 10.0 Å². The maximum atomic E-state index is 12.4. The van der Waals surface area contributed by atoms with Gasteiger partial charge in [0.15, 0.2) is 0 Å². The highest BCUT2D eigenvalue weighted by Gasteiger charge is 2.20. The highest BCUT2D eigenvalue weighted by molar-refractivity contribution is 7.89. The molecule has 1 aromatic rings. The van der Waals surface area contributed by atoms with Crippen LogP contribution in [-0.2, 0) is 16.6 Å². The van der Waals surface area contributed by atoms with E-state index >= 15 is 0 Å². The van der Waals surface area contributed by atoms with Gasteiger partial charge in [0.25, 0.3) is 0 Å². The van der Waals surface area contributed by atoms with Gasteiger partial charge in [-0.1, -0.05) is 26.0 Å². The van der Waals surface area contributed by atoms with Crippen LogP contribution in [0.5, 0.6) is 0 Å². The fourth-order valence-electron chi connectivity index (χ4n) is 2.26. The summed E-state index contributed by atoms with van der Waals surface area (Å²) in [5, 5.41) is 0. The molecule has 5 heteroatoms. The lowest BCUT2D eigenvalue weighted by Gasteiger charge is -2.18. The SMILES string of the molecule is Cc1c(CN)cccc1S(=O)(=O)NC(C)CC(C)C. The Labute approximate surface area is 116 Å². The first-order chi connectivity index (χ1) is 8.77. The van der Waals surface area contributed by atoms with Crippen LogP contribution in [0.3, 0.4) is 0 Å². The quantitative estimate of drug-likeness (QED) is 0.841. The molecule has 1 rings (SSSR count). The van der Waals surface area contributed by atoms with Crippen LogP contribution < -0.4 is 10.5 Å². The van der Waals surface area contributed by atoms with E-state index in [0.29, 0.717) is 17.4 Å². The van der Waals surface area contributed by atoms with Gasteiger partial charge in [-0.2, -0.15) is 0 Å². The van der Waals surface area contributed by atoms with Gasteiger partial charge in [0.05, 0.1) is 4.90 Å². The van der Waals surface area contributed by atoms with Crippen LogP contribution in [0.2, 0.25) is 0 Å². The van der Waals surface area contributed by atoms with Crippen LogP contribution in [0.1, 0.15) is 38.3 Å². The Kier molecular flexibility index (Phi) is 5.52. The first-order valence-electron chi connectivity index (χ1n) is 6.58. The van der Waals surface area contributed by atoms with Crippen molar-refractivity contribution in [3.8, 4) is 0 Å². The molecule has 0 spiro atoms. The van der Waals surface area contributed by atoms with Gasteiger partial charge < -0.3 is 5.73 Å². The highest BCUT2D eigenvalue weighted by Crippen LogP contribution is 2.19. The largest absolute Gasteiger partial charge is 0.326 e. The van der Waals surface area contributed by atoms with E-state index in [1.54, 1.807) is 19.1 Å². The topological polar surface area (TPSA) is 72.2 Å². The molecule has 4 nitrogen and oxygen atoms in total. The van der Waals surface area contributed by atoms with E-state index in [9.17, 15) is 8.42 Å². The van der Waals surface area contributed by atoms with Gasteiger partial charge >= 0.3 is 0 Å². The van der Waals surface area contributed by atoms with E-state index in [-0.39, 0.29) is 6.04 Å². The molecule has 0 saturated carbocycles. The zero-order valence-corrected chi connectivity index (χ0v) is 12.9. The summed E-state index contributed by atoms with van der Waals surface area (Å²) in [6.07, 6.45) is 0.814. The Morgan fingerprint density at radius 3 is 2.42 bits per heavy atom. The second-order valence-corrected chi connectivity index (χ2v) is 7.08. The molecule has 0 aliphatic rings. The number of sulfonamides is 1. The molecule has 0 bridgehead atoms. The van der Waals surface area contributed by atoms with Crippen LogP contribution in [-0.4, -0.2) is 14.5 Å². The summed E-state index contributed by atoms with van der Waals surface area (Å²) in [5.41, 5.74) is 7.21. The number of benzene rings is 1. The van der Waals surface area contributed by atoms with Crippen LogP contribution in [0.15, 0.2) is 23.1 Å². The van der Waals surface area contributed by atoms with Crippen LogP contribution in [0.4, 0.5) is 0 Å². The van der Waals surface area contributed by atoms with E-state index < -0.39 is 10.0 Å². The third-order valence-corrected chi connectivity index (χ3v) is 4.82. The van der Waals surface area contributed by atoms with Crippen molar-refractivity contribution in [2.24, 2.45) is 11.7 Å². The van der Waals surface area contributed by atoms with Crippen molar-refractivity contribution in [2.45, 2.75) is 51.6 Å². The van der Waals surface area contributed by atoms with Crippen LogP contribution in [0, 0.1) is 12.8 Å². The molecule has 3 N–H and O–H groups in total. The third-order valence-electron chi connectivity index (χ3n) is 3.09. The van der Waals surface area contributed by atoms with Crippen molar-refractivity contribution in [1.82, 2.24) is 4.72 Å². The van der Waals surface area contributed by atoms with E-state index in [4.69, 9.17) is 5.73 Å². The fraction of sp³-hybridized carbons (Fsp3) is 0.571. The molecule has 0 amide bonds. The highest BCUT2D eigenvalue weighted by atomic mass is 32.2. The minimum absolute atomic E-state index is 0.0778. The smallest absolute Gasteiger partial charge is 0.241 e. The van der Waals surface area contributed by atoms with Gasteiger partial charge in [-0.15, -0.1) is 0 Å². The molecule has 0 radical (unpaired) electrons. The average Bonchev–Trinajstić information content (AvgIpc) is 2.26. The fourth-order valence-corrected chi connectivity index (χ4v) is 3.80. The normalized spacial score (nSPS) is 13.8. The lowest BCUT2D eigenvalue weighted by atomic mass is 10.1. The van der Waals surface area contributed by atoms with E-state index in [1.807, 2.05) is 13.0 Å². The summed E-state index contributed by atoms with van der Waals surface area (Å²) in [4.78, 5) is 0.325. The zero-order valence-electron chi connectivity index (χ0n) is 12.1. The summed E-state index contributed by atoms with van der Waals surface area (Å²) in [7, 11) is -3.47. The van der Waals surface area contributed by atoms with E-state index in [0.717, 1.165) is 17.5 Å².